The van der Waals surface area contributed by atoms with Crippen LogP contribution in [0.1, 0.15) is 49.6 Å². The molecule has 1 atom stereocenters. The highest BCUT2D eigenvalue weighted by molar-refractivity contribution is 9.11. The molecule has 1 heterocycles. The van der Waals surface area contributed by atoms with Gasteiger partial charge in [0, 0.05) is 17.3 Å². The molecule has 1 aromatic rings. The molecule has 2 rings (SSSR count). The van der Waals surface area contributed by atoms with Crippen LogP contribution in [0.2, 0.25) is 0 Å². The van der Waals surface area contributed by atoms with Gasteiger partial charge in [-0.05, 0) is 35.7 Å². The van der Waals surface area contributed by atoms with Gasteiger partial charge in [-0.3, -0.25) is 0 Å². The molecule has 1 aliphatic rings. The second-order valence-electron chi connectivity index (χ2n) is 5.38. The number of aromatic amines is 1. The molecule has 1 N–H and O–H groups in total. The molecule has 0 spiro atoms. The Morgan fingerprint density at radius 2 is 2.24 bits per heavy atom. The van der Waals surface area contributed by atoms with Gasteiger partial charge >= 0.3 is 0 Å². The monoisotopic (exact) mass is 292 g/mol. The van der Waals surface area contributed by atoms with Crippen molar-refractivity contribution in [2.45, 2.75) is 39.5 Å². The van der Waals surface area contributed by atoms with Crippen molar-refractivity contribution in [3.8, 4) is 6.07 Å². The average Bonchev–Trinajstić information content (AvgIpc) is 2.57. The van der Waals surface area contributed by atoms with Crippen LogP contribution in [0.3, 0.4) is 0 Å². The molecule has 2 nitrogen and oxygen atoms in total. The van der Waals surface area contributed by atoms with E-state index in [4.69, 9.17) is 5.26 Å². The van der Waals surface area contributed by atoms with Crippen LogP contribution in [-0.2, 0) is 0 Å². The second-order valence-corrected chi connectivity index (χ2v) is 6.40. The number of halogens is 1. The highest BCUT2D eigenvalue weighted by Crippen LogP contribution is 2.46. The average molecular weight is 293 g/mol. The molecule has 0 saturated heterocycles. The molecule has 1 aliphatic carbocycles. The fourth-order valence-electron chi connectivity index (χ4n) is 2.67. The minimum absolute atomic E-state index is 0.126. The summed E-state index contributed by atoms with van der Waals surface area (Å²) in [6.45, 7) is 6.46. The van der Waals surface area contributed by atoms with Gasteiger partial charge in [0.2, 0.25) is 0 Å². The van der Waals surface area contributed by atoms with Crippen LogP contribution < -0.4 is 0 Å². The van der Waals surface area contributed by atoms with E-state index in [2.05, 4.69) is 46.9 Å². The number of allylic oxidation sites excluding steroid dienone is 2. The van der Waals surface area contributed by atoms with Crippen molar-refractivity contribution in [3.05, 3.63) is 33.6 Å². The first-order valence-corrected chi connectivity index (χ1v) is 6.70. The van der Waals surface area contributed by atoms with Crippen molar-refractivity contribution in [1.29, 1.82) is 5.26 Å². The second kappa shape index (κ2) is 4.34. The van der Waals surface area contributed by atoms with Crippen LogP contribution in [0.5, 0.6) is 0 Å². The summed E-state index contributed by atoms with van der Waals surface area (Å²) in [7, 11) is 0. The highest BCUT2D eigenvalue weighted by atomic mass is 79.9. The summed E-state index contributed by atoms with van der Waals surface area (Å²) in [5.41, 5.74) is 3.07. The van der Waals surface area contributed by atoms with E-state index >= 15 is 0 Å². The number of rotatable bonds is 1. The van der Waals surface area contributed by atoms with E-state index in [9.17, 15) is 0 Å². The molecule has 0 saturated carbocycles. The lowest BCUT2D eigenvalue weighted by molar-refractivity contribution is 0.332. The minimum atomic E-state index is 0.126. The number of nitriles is 1. The van der Waals surface area contributed by atoms with Gasteiger partial charge in [-0.25, -0.2) is 0 Å². The molecular formula is C14H17BrN2. The first-order valence-electron chi connectivity index (χ1n) is 5.91. The van der Waals surface area contributed by atoms with Crippen molar-refractivity contribution in [3.63, 3.8) is 0 Å². The molecule has 0 aliphatic heterocycles. The van der Waals surface area contributed by atoms with Gasteiger partial charge in [0.1, 0.15) is 6.07 Å². The number of aromatic nitrogens is 1. The van der Waals surface area contributed by atoms with Crippen molar-refractivity contribution in [1.82, 2.24) is 4.98 Å². The van der Waals surface area contributed by atoms with Crippen molar-refractivity contribution in [2.75, 3.05) is 0 Å². The predicted octanol–water partition coefficient (Wildman–Crippen LogP) is 4.38. The van der Waals surface area contributed by atoms with E-state index in [1.54, 1.807) is 0 Å². The quantitative estimate of drug-likeness (QED) is 0.820. The van der Waals surface area contributed by atoms with Crippen molar-refractivity contribution >= 4 is 15.9 Å². The standard InChI is InChI=1S/C14H17BrN2/c1-9-10(8-16)6-13(17-9)12-5-4-11(15)7-14(12,2)3/h6-7,12,17H,4-5H2,1-3H3. The summed E-state index contributed by atoms with van der Waals surface area (Å²) >= 11 is 3.60. The summed E-state index contributed by atoms with van der Waals surface area (Å²) in [6.07, 6.45) is 4.49. The number of nitrogens with zero attached hydrogens (tertiary/aromatic N) is 1. The van der Waals surface area contributed by atoms with E-state index in [0.29, 0.717) is 5.92 Å². The maximum Gasteiger partial charge on any atom is 0.101 e. The molecule has 0 amide bonds. The van der Waals surface area contributed by atoms with Gasteiger partial charge in [-0.1, -0.05) is 35.9 Å². The summed E-state index contributed by atoms with van der Waals surface area (Å²) in [6, 6.07) is 4.24. The lowest BCUT2D eigenvalue weighted by Crippen LogP contribution is -2.23. The Hall–Kier alpha value is -1.01. The van der Waals surface area contributed by atoms with Crippen LogP contribution >= 0.6 is 15.9 Å². The van der Waals surface area contributed by atoms with Gasteiger partial charge in [0.05, 0.1) is 5.56 Å². The fourth-order valence-corrected chi connectivity index (χ4v) is 3.49. The molecule has 17 heavy (non-hydrogen) atoms. The molecule has 0 bridgehead atoms. The fraction of sp³-hybridized carbons (Fsp3) is 0.500. The first kappa shape index (κ1) is 12.4. The van der Waals surface area contributed by atoms with Crippen LogP contribution in [0.15, 0.2) is 16.6 Å². The van der Waals surface area contributed by atoms with E-state index in [0.717, 1.165) is 24.1 Å². The molecule has 1 unspecified atom stereocenters. The van der Waals surface area contributed by atoms with Crippen LogP contribution in [-0.4, -0.2) is 4.98 Å². The Morgan fingerprint density at radius 3 is 2.76 bits per heavy atom. The van der Waals surface area contributed by atoms with Crippen molar-refractivity contribution < 1.29 is 0 Å². The summed E-state index contributed by atoms with van der Waals surface area (Å²) in [5, 5.41) is 9.01. The molecule has 0 radical (unpaired) electrons. The van der Waals surface area contributed by atoms with E-state index in [1.165, 1.54) is 10.2 Å². The van der Waals surface area contributed by atoms with Crippen LogP contribution in [0.4, 0.5) is 0 Å². The maximum atomic E-state index is 9.01. The molecule has 0 aromatic carbocycles. The maximum absolute atomic E-state index is 9.01. The van der Waals surface area contributed by atoms with E-state index in [1.807, 2.05) is 13.0 Å². The lowest BCUT2D eigenvalue weighted by Gasteiger charge is -2.35. The van der Waals surface area contributed by atoms with Gasteiger partial charge < -0.3 is 4.98 Å². The Bertz CT molecular complexity index is 503. The summed E-state index contributed by atoms with van der Waals surface area (Å²) in [4.78, 5) is 3.37. The number of hydrogen-bond donors (Lipinski definition) is 1. The largest absolute Gasteiger partial charge is 0.361 e. The first-order chi connectivity index (χ1) is 7.94. The van der Waals surface area contributed by atoms with Crippen molar-refractivity contribution in [2.24, 2.45) is 5.41 Å². The smallest absolute Gasteiger partial charge is 0.101 e. The third-order valence-electron chi connectivity index (χ3n) is 3.63. The minimum Gasteiger partial charge on any atom is -0.361 e. The predicted molar refractivity (Wildman–Crippen MR) is 73.0 cm³/mol. The molecule has 90 valence electrons. The Balaban J connectivity index is 2.38. The zero-order valence-corrected chi connectivity index (χ0v) is 12.1. The summed E-state index contributed by atoms with van der Waals surface area (Å²) < 4.78 is 1.29. The highest BCUT2D eigenvalue weighted by Gasteiger charge is 2.33. The topological polar surface area (TPSA) is 39.6 Å². The lowest BCUT2D eigenvalue weighted by atomic mass is 9.71. The van der Waals surface area contributed by atoms with Gasteiger partial charge in [-0.15, -0.1) is 0 Å². The summed E-state index contributed by atoms with van der Waals surface area (Å²) in [5.74, 6) is 0.463. The normalized spacial score (nSPS) is 23.0. The van der Waals surface area contributed by atoms with Crippen LogP contribution in [0.25, 0.3) is 0 Å². The third kappa shape index (κ3) is 2.32. The number of aryl methyl sites for hydroxylation is 1. The zero-order valence-electron chi connectivity index (χ0n) is 10.5. The van der Waals surface area contributed by atoms with Crippen LogP contribution in [0, 0.1) is 23.7 Å². The zero-order chi connectivity index (χ0) is 12.6. The number of H-pyrrole nitrogens is 1. The number of nitrogens with one attached hydrogen (secondary N) is 1. The van der Waals surface area contributed by atoms with Gasteiger partial charge in [0.15, 0.2) is 0 Å². The van der Waals surface area contributed by atoms with E-state index < -0.39 is 0 Å². The SMILES string of the molecule is Cc1[nH]c(C2CCC(Br)=CC2(C)C)cc1C#N. The van der Waals surface area contributed by atoms with E-state index in [-0.39, 0.29) is 5.41 Å². The van der Waals surface area contributed by atoms with Gasteiger partial charge in [-0.2, -0.15) is 5.26 Å². The Morgan fingerprint density at radius 1 is 1.53 bits per heavy atom. The number of hydrogen-bond acceptors (Lipinski definition) is 1. The Kier molecular flexibility index (Phi) is 3.18. The molecule has 1 aromatic heterocycles. The Labute approximate surface area is 111 Å². The van der Waals surface area contributed by atoms with Gasteiger partial charge in [0.25, 0.3) is 0 Å². The molecular weight excluding hydrogens is 276 g/mol. The molecule has 0 fully saturated rings. The third-order valence-corrected chi connectivity index (χ3v) is 4.26. The molecule has 3 heteroatoms.